The van der Waals surface area contributed by atoms with Gasteiger partial charge in [0.05, 0.1) is 17.4 Å². The maximum atomic E-state index is 12.7. The van der Waals surface area contributed by atoms with Gasteiger partial charge in [0.25, 0.3) is 11.8 Å². The van der Waals surface area contributed by atoms with Crippen LogP contribution in [0.5, 0.6) is 0 Å². The number of H-pyrrole nitrogens is 1. The normalized spacial score (nSPS) is 13.3. The number of amides is 2. The molecule has 0 saturated carbocycles. The standard InChI is InChI=1S/C22H27N5O2/c1-14(2)11-22(3,12-23)27-21(29)15-5-4-6-17(9-15)26-20(28)16-7-8-18-19(10-16)25-13-24-18/h4-10,13-14H,11-12,23H2,1-3H3,(H,24,25)(H,26,28)(H,27,29). The van der Waals surface area contributed by atoms with Crippen LogP contribution in [0.1, 0.15) is 47.9 Å². The van der Waals surface area contributed by atoms with Crippen LogP contribution in [0.4, 0.5) is 5.69 Å². The van der Waals surface area contributed by atoms with Gasteiger partial charge in [-0.15, -0.1) is 0 Å². The van der Waals surface area contributed by atoms with Crippen LogP contribution in [-0.2, 0) is 0 Å². The number of aromatic amines is 1. The van der Waals surface area contributed by atoms with Crippen LogP contribution >= 0.6 is 0 Å². The molecule has 0 bridgehead atoms. The maximum absolute atomic E-state index is 12.7. The number of rotatable bonds is 7. The molecule has 0 saturated heterocycles. The van der Waals surface area contributed by atoms with Crippen molar-refractivity contribution >= 4 is 28.5 Å². The Morgan fingerprint density at radius 1 is 1.14 bits per heavy atom. The first kappa shape index (κ1) is 20.5. The van der Waals surface area contributed by atoms with E-state index >= 15 is 0 Å². The van der Waals surface area contributed by atoms with Gasteiger partial charge >= 0.3 is 0 Å². The Morgan fingerprint density at radius 3 is 2.62 bits per heavy atom. The van der Waals surface area contributed by atoms with Crippen molar-refractivity contribution in [2.45, 2.75) is 32.7 Å². The van der Waals surface area contributed by atoms with E-state index in [9.17, 15) is 9.59 Å². The summed E-state index contributed by atoms with van der Waals surface area (Å²) in [5.41, 5.74) is 8.52. The zero-order valence-corrected chi connectivity index (χ0v) is 17.0. The number of fused-ring (bicyclic) bond motifs is 1. The van der Waals surface area contributed by atoms with E-state index in [1.54, 1.807) is 48.8 Å². The largest absolute Gasteiger partial charge is 0.346 e. The summed E-state index contributed by atoms with van der Waals surface area (Å²) in [5, 5.41) is 5.87. The average Bonchev–Trinajstić information content (AvgIpc) is 3.15. The van der Waals surface area contributed by atoms with Crippen molar-refractivity contribution in [3.63, 3.8) is 0 Å². The third kappa shape index (κ3) is 5.00. The van der Waals surface area contributed by atoms with E-state index in [1.165, 1.54) is 0 Å². The van der Waals surface area contributed by atoms with E-state index in [1.807, 2.05) is 6.92 Å². The van der Waals surface area contributed by atoms with Gasteiger partial charge in [-0.1, -0.05) is 19.9 Å². The molecule has 1 atom stereocenters. The average molecular weight is 393 g/mol. The fourth-order valence-corrected chi connectivity index (χ4v) is 3.45. The molecular formula is C22H27N5O2. The molecule has 0 fully saturated rings. The molecule has 7 nitrogen and oxygen atoms in total. The Bertz CT molecular complexity index is 1030. The lowest BCUT2D eigenvalue weighted by Crippen LogP contribution is -2.52. The van der Waals surface area contributed by atoms with Crippen LogP contribution in [0.2, 0.25) is 0 Å². The van der Waals surface area contributed by atoms with E-state index in [2.05, 4.69) is 34.4 Å². The quantitative estimate of drug-likeness (QED) is 0.493. The number of carbonyl (C=O) groups is 2. The van der Waals surface area contributed by atoms with Crippen molar-refractivity contribution in [3.05, 3.63) is 59.9 Å². The van der Waals surface area contributed by atoms with Crippen LogP contribution < -0.4 is 16.4 Å². The Kier molecular flexibility index (Phi) is 5.98. The van der Waals surface area contributed by atoms with E-state index < -0.39 is 5.54 Å². The highest BCUT2D eigenvalue weighted by molar-refractivity contribution is 6.06. The number of hydrogen-bond acceptors (Lipinski definition) is 4. The predicted octanol–water partition coefficient (Wildman–Crippen LogP) is 3.31. The van der Waals surface area contributed by atoms with E-state index in [4.69, 9.17) is 5.73 Å². The summed E-state index contributed by atoms with van der Waals surface area (Å²) in [6.45, 7) is 6.49. The van der Waals surface area contributed by atoms with E-state index in [-0.39, 0.29) is 11.8 Å². The van der Waals surface area contributed by atoms with Crippen molar-refractivity contribution in [3.8, 4) is 0 Å². The zero-order valence-electron chi connectivity index (χ0n) is 17.0. The smallest absolute Gasteiger partial charge is 0.255 e. The molecule has 0 aliphatic rings. The molecule has 0 aliphatic heterocycles. The summed E-state index contributed by atoms with van der Waals surface area (Å²) in [6.07, 6.45) is 2.37. The zero-order chi connectivity index (χ0) is 21.0. The highest BCUT2D eigenvalue weighted by Crippen LogP contribution is 2.18. The van der Waals surface area contributed by atoms with Gasteiger partial charge in [-0.2, -0.15) is 0 Å². The number of benzene rings is 2. The number of hydrogen-bond donors (Lipinski definition) is 4. The molecule has 1 unspecified atom stereocenters. The van der Waals surface area contributed by atoms with E-state index in [0.717, 1.165) is 17.5 Å². The molecule has 3 aromatic rings. The maximum Gasteiger partial charge on any atom is 0.255 e. The van der Waals surface area contributed by atoms with Crippen molar-refractivity contribution in [1.29, 1.82) is 0 Å². The molecule has 29 heavy (non-hydrogen) atoms. The van der Waals surface area contributed by atoms with Gasteiger partial charge in [-0.25, -0.2) is 4.98 Å². The second-order valence-electron chi connectivity index (χ2n) is 7.99. The Morgan fingerprint density at radius 2 is 1.90 bits per heavy atom. The minimum absolute atomic E-state index is 0.214. The second kappa shape index (κ2) is 8.45. The van der Waals surface area contributed by atoms with Gasteiger partial charge in [-0.05, 0) is 55.7 Å². The van der Waals surface area contributed by atoms with Gasteiger partial charge in [0, 0.05) is 28.9 Å². The summed E-state index contributed by atoms with van der Waals surface area (Å²) in [5.74, 6) is -0.0686. The lowest BCUT2D eigenvalue weighted by atomic mass is 9.90. The fourth-order valence-electron chi connectivity index (χ4n) is 3.45. The van der Waals surface area contributed by atoms with Crippen LogP contribution in [0.15, 0.2) is 48.8 Å². The minimum Gasteiger partial charge on any atom is -0.346 e. The topological polar surface area (TPSA) is 113 Å². The summed E-state index contributed by atoms with van der Waals surface area (Å²) in [4.78, 5) is 32.5. The minimum atomic E-state index is -0.482. The van der Waals surface area contributed by atoms with Crippen LogP contribution in [0.3, 0.4) is 0 Å². The van der Waals surface area contributed by atoms with Gasteiger partial charge in [0.2, 0.25) is 0 Å². The lowest BCUT2D eigenvalue weighted by Gasteiger charge is -2.31. The Balaban J connectivity index is 1.73. The van der Waals surface area contributed by atoms with Gasteiger partial charge in [0.15, 0.2) is 0 Å². The number of anilines is 1. The molecule has 0 radical (unpaired) electrons. The third-order valence-corrected chi connectivity index (χ3v) is 4.79. The molecule has 0 spiro atoms. The van der Waals surface area contributed by atoms with Crippen LogP contribution in [-0.4, -0.2) is 33.9 Å². The van der Waals surface area contributed by atoms with Crippen molar-refractivity contribution in [2.75, 3.05) is 11.9 Å². The third-order valence-electron chi connectivity index (χ3n) is 4.79. The van der Waals surface area contributed by atoms with Gasteiger partial charge < -0.3 is 21.4 Å². The number of imidazole rings is 1. The first-order valence-electron chi connectivity index (χ1n) is 9.67. The molecule has 0 aliphatic carbocycles. The van der Waals surface area contributed by atoms with Gasteiger partial charge in [-0.3, -0.25) is 9.59 Å². The summed E-state index contributed by atoms with van der Waals surface area (Å²) < 4.78 is 0. The fraction of sp³-hybridized carbons (Fsp3) is 0.318. The molecule has 3 rings (SSSR count). The number of carbonyl (C=O) groups excluding carboxylic acids is 2. The molecule has 7 heteroatoms. The summed E-state index contributed by atoms with van der Waals surface area (Å²) >= 11 is 0. The molecule has 2 amide bonds. The number of aromatic nitrogens is 2. The first-order chi connectivity index (χ1) is 13.8. The lowest BCUT2D eigenvalue weighted by molar-refractivity contribution is 0.0897. The van der Waals surface area contributed by atoms with Crippen molar-refractivity contribution < 1.29 is 9.59 Å². The van der Waals surface area contributed by atoms with Gasteiger partial charge in [0.1, 0.15) is 0 Å². The molecule has 5 N–H and O–H groups in total. The highest BCUT2D eigenvalue weighted by atomic mass is 16.2. The molecular weight excluding hydrogens is 366 g/mol. The van der Waals surface area contributed by atoms with Crippen LogP contribution in [0.25, 0.3) is 11.0 Å². The summed E-state index contributed by atoms with van der Waals surface area (Å²) in [7, 11) is 0. The molecule has 152 valence electrons. The number of nitrogens with one attached hydrogen (secondary N) is 3. The molecule has 1 heterocycles. The Labute approximate surface area is 170 Å². The van der Waals surface area contributed by atoms with Crippen molar-refractivity contribution in [2.24, 2.45) is 11.7 Å². The number of nitrogens with zero attached hydrogens (tertiary/aromatic N) is 1. The SMILES string of the molecule is CC(C)CC(C)(CN)NC(=O)c1cccc(NC(=O)c2ccc3nc[nH]c3c2)c1. The first-order valence-corrected chi connectivity index (χ1v) is 9.67. The highest BCUT2D eigenvalue weighted by Gasteiger charge is 2.26. The van der Waals surface area contributed by atoms with E-state index in [0.29, 0.717) is 29.3 Å². The monoisotopic (exact) mass is 393 g/mol. The molecule has 1 aromatic heterocycles. The van der Waals surface area contributed by atoms with Crippen molar-refractivity contribution in [1.82, 2.24) is 15.3 Å². The molecule has 2 aromatic carbocycles. The predicted molar refractivity (Wildman–Crippen MR) is 115 cm³/mol. The summed E-state index contributed by atoms with van der Waals surface area (Å²) in [6, 6.07) is 12.1. The Hall–Kier alpha value is -3.19. The number of nitrogens with two attached hydrogens (primary N) is 1. The van der Waals surface area contributed by atoms with Crippen LogP contribution in [0, 0.1) is 5.92 Å². The second-order valence-corrected chi connectivity index (χ2v) is 7.99.